The number of aromatic nitrogens is 2. The van der Waals surface area contributed by atoms with Gasteiger partial charge in [-0.25, -0.2) is 0 Å². The molecule has 0 saturated carbocycles. The van der Waals surface area contributed by atoms with Gasteiger partial charge in [0.05, 0.1) is 17.1 Å². The molecule has 0 radical (unpaired) electrons. The topological polar surface area (TPSA) is 63.8 Å². The average Bonchev–Trinajstić information content (AvgIpc) is 2.38. The lowest BCUT2D eigenvalue weighted by atomic mass is 9.86. The molecule has 0 spiro atoms. The van der Waals surface area contributed by atoms with Crippen LogP contribution in [0, 0.1) is 5.41 Å². The molecule has 4 nitrogen and oxygen atoms in total. The van der Waals surface area contributed by atoms with Crippen LogP contribution in [0.5, 0.6) is 0 Å². The fourth-order valence-electron chi connectivity index (χ4n) is 1.06. The first-order valence-electron chi connectivity index (χ1n) is 3.79. The van der Waals surface area contributed by atoms with Gasteiger partial charge < -0.3 is 0 Å². The highest BCUT2D eigenvalue weighted by atomic mass is 32.1. The lowest BCUT2D eigenvalue weighted by Gasteiger charge is -2.28. The van der Waals surface area contributed by atoms with Gasteiger partial charge in [0.25, 0.3) is 0 Å². The summed E-state index contributed by atoms with van der Waals surface area (Å²) in [4.78, 5) is 1.07. The maximum absolute atomic E-state index is 5.45. The SMILES string of the molecule is CC(C)(C)C(NN)c1cnns1. The molecule has 0 amide bonds. The molecule has 1 unspecified atom stereocenters. The number of hydrogen-bond acceptors (Lipinski definition) is 5. The number of nitrogens with two attached hydrogens (primary N) is 1. The van der Waals surface area contributed by atoms with Gasteiger partial charge in [-0.2, -0.15) is 0 Å². The number of hydrogen-bond donors (Lipinski definition) is 2. The molecule has 1 aromatic rings. The summed E-state index contributed by atoms with van der Waals surface area (Å²) in [6.07, 6.45) is 1.75. The van der Waals surface area contributed by atoms with E-state index in [-0.39, 0.29) is 11.5 Å². The molecule has 3 N–H and O–H groups in total. The predicted octanol–water partition coefficient (Wildman–Crippen LogP) is 1.09. The molecule has 0 aliphatic rings. The molecule has 0 aliphatic carbocycles. The Morgan fingerprint density at radius 1 is 1.58 bits per heavy atom. The van der Waals surface area contributed by atoms with Gasteiger partial charge >= 0.3 is 0 Å². The molecular weight excluding hydrogens is 172 g/mol. The van der Waals surface area contributed by atoms with E-state index < -0.39 is 0 Å². The Bertz CT molecular complexity index is 226. The van der Waals surface area contributed by atoms with E-state index in [0.717, 1.165) is 4.88 Å². The molecular formula is C7H14N4S. The van der Waals surface area contributed by atoms with Crippen molar-refractivity contribution in [2.24, 2.45) is 11.3 Å². The number of hydrazine groups is 1. The fourth-order valence-corrected chi connectivity index (χ4v) is 1.87. The third-order valence-corrected chi connectivity index (χ3v) is 2.42. The van der Waals surface area contributed by atoms with Gasteiger partial charge in [-0.1, -0.05) is 25.3 Å². The first-order valence-corrected chi connectivity index (χ1v) is 4.56. The maximum Gasteiger partial charge on any atom is 0.0670 e. The summed E-state index contributed by atoms with van der Waals surface area (Å²) >= 11 is 1.38. The minimum absolute atomic E-state index is 0.0863. The zero-order chi connectivity index (χ0) is 9.19. The molecule has 0 fully saturated rings. The molecule has 0 bridgehead atoms. The lowest BCUT2D eigenvalue weighted by Crippen LogP contribution is -2.36. The van der Waals surface area contributed by atoms with E-state index in [1.165, 1.54) is 11.5 Å². The van der Waals surface area contributed by atoms with Crippen LogP contribution in [0.4, 0.5) is 0 Å². The van der Waals surface area contributed by atoms with E-state index in [2.05, 4.69) is 35.8 Å². The molecule has 1 atom stereocenters. The quantitative estimate of drug-likeness (QED) is 0.536. The molecule has 12 heavy (non-hydrogen) atoms. The first-order chi connectivity index (χ1) is 5.55. The Balaban J connectivity index is 2.84. The normalized spacial score (nSPS) is 14.7. The monoisotopic (exact) mass is 186 g/mol. The highest BCUT2D eigenvalue weighted by molar-refractivity contribution is 7.05. The zero-order valence-corrected chi connectivity index (χ0v) is 8.35. The molecule has 5 heteroatoms. The summed E-state index contributed by atoms with van der Waals surface area (Å²) in [6.45, 7) is 6.37. The van der Waals surface area contributed by atoms with E-state index in [4.69, 9.17) is 5.84 Å². The van der Waals surface area contributed by atoms with Crippen LogP contribution in [-0.2, 0) is 0 Å². The second-order valence-corrected chi connectivity index (χ2v) is 4.60. The second-order valence-electron chi connectivity index (χ2n) is 3.79. The molecule has 1 aromatic heterocycles. The van der Waals surface area contributed by atoms with Crippen molar-refractivity contribution in [1.82, 2.24) is 15.0 Å². The standard InChI is InChI=1S/C7H14N4S/c1-7(2,3)6(10-8)5-4-9-11-12-5/h4,6,10H,8H2,1-3H3. The molecule has 1 rings (SSSR count). The Morgan fingerprint density at radius 2 is 2.25 bits per heavy atom. The van der Waals surface area contributed by atoms with Crippen molar-refractivity contribution >= 4 is 11.5 Å². The summed E-state index contributed by atoms with van der Waals surface area (Å²) < 4.78 is 3.80. The Kier molecular flexibility index (Phi) is 2.76. The smallest absolute Gasteiger partial charge is 0.0670 e. The van der Waals surface area contributed by atoms with Crippen LogP contribution in [-0.4, -0.2) is 9.59 Å². The minimum atomic E-state index is 0.0863. The summed E-state index contributed by atoms with van der Waals surface area (Å²) in [7, 11) is 0. The minimum Gasteiger partial charge on any atom is -0.271 e. The van der Waals surface area contributed by atoms with Gasteiger partial charge in [0.2, 0.25) is 0 Å². The van der Waals surface area contributed by atoms with E-state index in [1.807, 2.05) is 0 Å². The highest BCUT2D eigenvalue weighted by Crippen LogP contribution is 2.32. The van der Waals surface area contributed by atoms with Gasteiger partial charge in [0, 0.05) is 0 Å². The van der Waals surface area contributed by atoms with Crippen LogP contribution in [0.15, 0.2) is 6.20 Å². The summed E-state index contributed by atoms with van der Waals surface area (Å²) in [5, 5.41) is 3.78. The summed E-state index contributed by atoms with van der Waals surface area (Å²) in [5.74, 6) is 5.45. The zero-order valence-electron chi connectivity index (χ0n) is 7.53. The molecule has 0 aromatic carbocycles. The third kappa shape index (κ3) is 2.00. The predicted molar refractivity (Wildman–Crippen MR) is 49.4 cm³/mol. The number of nitrogens with one attached hydrogen (secondary N) is 1. The van der Waals surface area contributed by atoms with Crippen LogP contribution in [0.25, 0.3) is 0 Å². The van der Waals surface area contributed by atoms with E-state index in [1.54, 1.807) is 6.20 Å². The van der Waals surface area contributed by atoms with E-state index >= 15 is 0 Å². The lowest BCUT2D eigenvalue weighted by molar-refractivity contribution is 0.279. The van der Waals surface area contributed by atoms with Crippen LogP contribution in [0.3, 0.4) is 0 Å². The Hall–Kier alpha value is -0.520. The van der Waals surface area contributed by atoms with Crippen LogP contribution >= 0.6 is 11.5 Å². The highest BCUT2D eigenvalue weighted by Gasteiger charge is 2.26. The van der Waals surface area contributed by atoms with Crippen molar-refractivity contribution in [3.05, 3.63) is 11.1 Å². The third-order valence-electron chi connectivity index (χ3n) is 1.70. The largest absolute Gasteiger partial charge is 0.271 e. The Morgan fingerprint density at radius 3 is 2.58 bits per heavy atom. The summed E-state index contributed by atoms with van der Waals surface area (Å²) in [5.41, 5.74) is 2.86. The van der Waals surface area contributed by atoms with Crippen molar-refractivity contribution in [3.63, 3.8) is 0 Å². The van der Waals surface area contributed by atoms with E-state index in [9.17, 15) is 0 Å². The van der Waals surface area contributed by atoms with Crippen molar-refractivity contribution in [3.8, 4) is 0 Å². The van der Waals surface area contributed by atoms with Gasteiger partial charge in [-0.05, 0) is 16.9 Å². The molecule has 68 valence electrons. The molecule has 0 aliphatic heterocycles. The van der Waals surface area contributed by atoms with Crippen LogP contribution < -0.4 is 11.3 Å². The summed E-state index contributed by atoms with van der Waals surface area (Å²) in [6, 6.07) is 0.123. The maximum atomic E-state index is 5.45. The number of rotatable bonds is 2. The van der Waals surface area contributed by atoms with Crippen molar-refractivity contribution in [2.45, 2.75) is 26.8 Å². The van der Waals surface area contributed by atoms with Crippen molar-refractivity contribution in [1.29, 1.82) is 0 Å². The molecule has 1 heterocycles. The van der Waals surface area contributed by atoms with Gasteiger partial charge in [-0.3, -0.25) is 11.3 Å². The Labute approximate surface area is 76.3 Å². The van der Waals surface area contributed by atoms with Gasteiger partial charge in [0.15, 0.2) is 0 Å². The molecule has 0 saturated heterocycles. The van der Waals surface area contributed by atoms with Gasteiger partial charge in [-0.15, -0.1) is 5.10 Å². The van der Waals surface area contributed by atoms with Crippen molar-refractivity contribution in [2.75, 3.05) is 0 Å². The van der Waals surface area contributed by atoms with Crippen LogP contribution in [0.2, 0.25) is 0 Å². The van der Waals surface area contributed by atoms with E-state index in [0.29, 0.717) is 0 Å². The van der Waals surface area contributed by atoms with Crippen molar-refractivity contribution < 1.29 is 0 Å². The van der Waals surface area contributed by atoms with Crippen LogP contribution in [0.1, 0.15) is 31.7 Å². The van der Waals surface area contributed by atoms with Gasteiger partial charge in [0.1, 0.15) is 0 Å². The fraction of sp³-hybridized carbons (Fsp3) is 0.714. The first kappa shape index (κ1) is 9.57. The average molecular weight is 186 g/mol. The number of nitrogens with zero attached hydrogens (tertiary/aromatic N) is 2. The second kappa shape index (κ2) is 3.47.